The molecule has 0 aliphatic carbocycles. The topological polar surface area (TPSA) is 93.0 Å². The minimum atomic E-state index is -0.104. The van der Waals surface area contributed by atoms with E-state index in [1.807, 2.05) is 65.0 Å². The quantitative estimate of drug-likeness (QED) is 0.363. The standard InChI is InChI=1S/C27H37N5O4S/c1-18(2)34-23-16-20(5)28-26(35-19(3)4)25(23)30-24(33)17-32-12-10-31(11-13-32)14-15-37-27-29-21-8-6-7-9-22(21)36-27/h6-9,16,18-19H,10-15,17H2,1-5H3,(H,30,33). The maximum absolute atomic E-state index is 13.0. The summed E-state index contributed by atoms with van der Waals surface area (Å²) in [5, 5.41) is 3.72. The SMILES string of the molecule is Cc1cc(OC(C)C)c(NC(=O)CN2CCN(CCSc3nc4ccccc4o3)CC2)c(OC(C)C)n1. The Morgan fingerprint density at radius 1 is 1.05 bits per heavy atom. The number of aryl methyl sites for hydroxylation is 1. The molecule has 1 aliphatic heterocycles. The maximum Gasteiger partial charge on any atom is 0.256 e. The van der Waals surface area contributed by atoms with E-state index in [4.69, 9.17) is 13.9 Å². The zero-order chi connectivity index (χ0) is 26.4. The molecule has 1 saturated heterocycles. The van der Waals surface area contributed by atoms with Crippen molar-refractivity contribution in [3.8, 4) is 11.6 Å². The molecule has 1 aromatic carbocycles. The van der Waals surface area contributed by atoms with Crippen LogP contribution in [0, 0.1) is 6.92 Å². The average Bonchev–Trinajstić information content (AvgIpc) is 3.24. The number of hydrogen-bond acceptors (Lipinski definition) is 9. The summed E-state index contributed by atoms with van der Waals surface area (Å²) in [6, 6.07) is 9.65. The Bertz CT molecular complexity index is 1130. The van der Waals surface area contributed by atoms with Gasteiger partial charge in [0.25, 0.3) is 5.22 Å². The van der Waals surface area contributed by atoms with Gasteiger partial charge in [0, 0.05) is 50.2 Å². The average molecular weight is 528 g/mol. The van der Waals surface area contributed by atoms with Crippen LogP contribution in [-0.2, 0) is 4.79 Å². The molecule has 1 N–H and O–H groups in total. The summed E-state index contributed by atoms with van der Waals surface area (Å²) >= 11 is 1.64. The predicted molar refractivity (Wildman–Crippen MR) is 147 cm³/mol. The Labute approximate surface area is 222 Å². The Morgan fingerprint density at radius 3 is 2.46 bits per heavy atom. The molecule has 0 spiro atoms. The second-order valence-corrected chi connectivity index (χ2v) is 10.8. The number of nitrogens with one attached hydrogen (secondary N) is 1. The first kappa shape index (κ1) is 27.2. The largest absolute Gasteiger partial charge is 0.489 e. The summed E-state index contributed by atoms with van der Waals surface area (Å²) in [4.78, 5) is 26.6. The number of oxazole rings is 1. The monoisotopic (exact) mass is 527 g/mol. The molecule has 0 radical (unpaired) electrons. The van der Waals surface area contributed by atoms with Crippen LogP contribution < -0.4 is 14.8 Å². The van der Waals surface area contributed by atoms with Crippen molar-refractivity contribution in [1.82, 2.24) is 19.8 Å². The number of thioether (sulfide) groups is 1. The molecular weight excluding hydrogens is 490 g/mol. The lowest BCUT2D eigenvalue weighted by Crippen LogP contribution is -2.49. The van der Waals surface area contributed by atoms with Gasteiger partial charge in [0.2, 0.25) is 11.8 Å². The smallest absolute Gasteiger partial charge is 0.256 e. The van der Waals surface area contributed by atoms with Crippen LogP contribution in [-0.4, -0.2) is 82.9 Å². The lowest BCUT2D eigenvalue weighted by Gasteiger charge is -2.34. The van der Waals surface area contributed by atoms with Crippen molar-refractivity contribution >= 4 is 34.5 Å². The van der Waals surface area contributed by atoms with Crippen molar-refractivity contribution in [2.75, 3.05) is 50.3 Å². The van der Waals surface area contributed by atoms with Gasteiger partial charge in [0.1, 0.15) is 11.2 Å². The fraction of sp³-hybridized carbons (Fsp3) is 0.519. The summed E-state index contributed by atoms with van der Waals surface area (Å²) in [7, 11) is 0. The number of nitrogens with zero attached hydrogens (tertiary/aromatic N) is 4. The van der Waals surface area contributed by atoms with E-state index < -0.39 is 0 Å². The fourth-order valence-corrected chi connectivity index (χ4v) is 4.95. The van der Waals surface area contributed by atoms with E-state index in [1.54, 1.807) is 11.8 Å². The number of para-hydroxylation sites is 2. The van der Waals surface area contributed by atoms with E-state index in [2.05, 4.69) is 25.1 Å². The minimum Gasteiger partial charge on any atom is -0.489 e. The van der Waals surface area contributed by atoms with Crippen molar-refractivity contribution in [2.45, 2.75) is 52.0 Å². The Balaban J connectivity index is 1.26. The maximum atomic E-state index is 13.0. The van der Waals surface area contributed by atoms with Gasteiger partial charge < -0.3 is 19.2 Å². The molecule has 0 saturated carbocycles. The first-order valence-corrected chi connectivity index (χ1v) is 13.8. The molecule has 200 valence electrons. The molecular formula is C27H37N5O4S. The van der Waals surface area contributed by atoms with Crippen molar-refractivity contribution in [1.29, 1.82) is 0 Å². The van der Waals surface area contributed by atoms with E-state index in [0.717, 1.165) is 55.3 Å². The van der Waals surface area contributed by atoms with Gasteiger partial charge in [-0.2, -0.15) is 0 Å². The second kappa shape index (κ2) is 12.6. The molecule has 3 aromatic rings. The van der Waals surface area contributed by atoms with E-state index in [9.17, 15) is 4.79 Å². The fourth-order valence-electron chi connectivity index (χ4n) is 4.11. The van der Waals surface area contributed by atoms with Gasteiger partial charge in [-0.3, -0.25) is 14.6 Å². The molecule has 1 amide bonds. The van der Waals surface area contributed by atoms with Gasteiger partial charge in [-0.25, -0.2) is 9.97 Å². The van der Waals surface area contributed by atoms with Crippen LogP contribution in [0.15, 0.2) is 40.0 Å². The number of piperazine rings is 1. The zero-order valence-corrected chi connectivity index (χ0v) is 23.1. The van der Waals surface area contributed by atoms with Crippen molar-refractivity contribution in [3.63, 3.8) is 0 Å². The third-order valence-corrected chi connectivity index (χ3v) is 6.60. The number of anilines is 1. The van der Waals surface area contributed by atoms with Crippen LogP contribution in [0.3, 0.4) is 0 Å². The molecule has 10 heteroatoms. The lowest BCUT2D eigenvalue weighted by atomic mass is 10.2. The van der Waals surface area contributed by atoms with Crippen LogP contribution in [0.2, 0.25) is 0 Å². The Morgan fingerprint density at radius 2 is 1.76 bits per heavy atom. The molecule has 3 heterocycles. The van der Waals surface area contributed by atoms with Crippen LogP contribution >= 0.6 is 11.8 Å². The number of amides is 1. The normalized spacial score (nSPS) is 15.0. The molecule has 9 nitrogen and oxygen atoms in total. The summed E-state index contributed by atoms with van der Waals surface area (Å²) in [6.45, 7) is 14.4. The Kier molecular flexibility index (Phi) is 9.28. The summed E-state index contributed by atoms with van der Waals surface area (Å²) in [5.41, 5.74) is 2.98. The molecule has 1 fully saturated rings. The van der Waals surface area contributed by atoms with Gasteiger partial charge in [0.05, 0.1) is 18.8 Å². The van der Waals surface area contributed by atoms with Gasteiger partial charge in [-0.05, 0) is 46.8 Å². The Hall–Kier alpha value is -2.82. The first-order chi connectivity index (χ1) is 17.8. The highest BCUT2D eigenvalue weighted by Crippen LogP contribution is 2.35. The third-order valence-electron chi connectivity index (χ3n) is 5.79. The molecule has 37 heavy (non-hydrogen) atoms. The number of fused-ring (bicyclic) bond motifs is 1. The van der Waals surface area contributed by atoms with Gasteiger partial charge >= 0.3 is 0 Å². The van der Waals surface area contributed by atoms with E-state index >= 15 is 0 Å². The summed E-state index contributed by atoms with van der Waals surface area (Å²) < 4.78 is 17.7. The number of carbonyl (C=O) groups is 1. The van der Waals surface area contributed by atoms with Gasteiger partial charge in [0.15, 0.2) is 11.3 Å². The van der Waals surface area contributed by atoms with Gasteiger partial charge in [-0.1, -0.05) is 23.9 Å². The van der Waals surface area contributed by atoms with Crippen LogP contribution in [0.25, 0.3) is 11.1 Å². The number of carbonyl (C=O) groups excluding carboxylic acids is 1. The lowest BCUT2D eigenvalue weighted by molar-refractivity contribution is -0.117. The number of rotatable bonds is 11. The number of pyridine rings is 1. The molecule has 0 unspecified atom stereocenters. The highest BCUT2D eigenvalue weighted by molar-refractivity contribution is 7.99. The third kappa shape index (κ3) is 7.83. The van der Waals surface area contributed by atoms with Gasteiger partial charge in [-0.15, -0.1) is 0 Å². The van der Waals surface area contributed by atoms with Crippen molar-refractivity contribution in [3.05, 3.63) is 36.0 Å². The number of benzene rings is 1. The number of ether oxygens (including phenoxy) is 2. The predicted octanol–water partition coefficient (Wildman–Crippen LogP) is 4.45. The molecule has 2 aromatic heterocycles. The molecule has 4 rings (SSSR count). The van der Waals surface area contributed by atoms with Crippen molar-refractivity contribution < 1.29 is 18.7 Å². The summed E-state index contributed by atoms with van der Waals surface area (Å²) in [6.07, 6.45) is -0.121. The van der Waals surface area contributed by atoms with E-state index in [0.29, 0.717) is 29.1 Å². The van der Waals surface area contributed by atoms with Crippen LogP contribution in [0.1, 0.15) is 33.4 Å². The second-order valence-electron chi connectivity index (χ2n) is 9.74. The summed E-state index contributed by atoms with van der Waals surface area (Å²) in [5.74, 6) is 1.77. The van der Waals surface area contributed by atoms with Crippen LogP contribution in [0.5, 0.6) is 11.6 Å². The number of aromatic nitrogens is 2. The van der Waals surface area contributed by atoms with E-state index in [-0.39, 0.29) is 18.1 Å². The van der Waals surface area contributed by atoms with E-state index in [1.165, 1.54) is 0 Å². The zero-order valence-electron chi connectivity index (χ0n) is 22.3. The van der Waals surface area contributed by atoms with Crippen LogP contribution in [0.4, 0.5) is 5.69 Å². The minimum absolute atomic E-state index is 0.0433. The highest BCUT2D eigenvalue weighted by atomic mass is 32.2. The molecule has 0 bridgehead atoms. The van der Waals surface area contributed by atoms with Crippen molar-refractivity contribution in [2.24, 2.45) is 0 Å². The highest BCUT2D eigenvalue weighted by Gasteiger charge is 2.22. The molecule has 0 atom stereocenters. The number of hydrogen-bond donors (Lipinski definition) is 1. The first-order valence-electron chi connectivity index (χ1n) is 12.8. The molecule has 1 aliphatic rings.